The molecule has 0 bridgehead atoms. The zero-order chi connectivity index (χ0) is 39.6. The van der Waals surface area contributed by atoms with E-state index < -0.39 is 0 Å². The Balaban J connectivity index is 1.04. The molecule has 2 aliphatic heterocycles. The van der Waals surface area contributed by atoms with Crippen molar-refractivity contribution in [3.8, 4) is 22.6 Å². The van der Waals surface area contributed by atoms with Crippen molar-refractivity contribution in [2.75, 3.05) is 9.80 Å². The van der Waals surface area contributed by atoms with Gasteiger partial charge in [0.15, 0.2) is 0 Å². The lowest BCUT2D eigenvalue weighted by molar-refractivity contribution is 0.487. The van der Waals surface area contributed by atoms with Crippen LogP contribution in [0.5, 0.6) is 11.5 Å². The lowest BCUT2D eigenvalue weighted by Gasteiger charge is -2.41. The van der Waals surface area contributed by atoms with E-state index >= 15 is 0 Å². The number of hydrogen-bond donors (Lipinski definition) is 0. The van der Waals surface area contributed by atoms with Crippen molar-refractivity contribution in [2.24, 2.45) is 0 Å². The number of anilines is 6. The molecule has 3 aliphatic rings. The van der Waals surface area contributed by atoms with Crippen LogP contribution in [0.1, 0.15) is 36.1 Å². The first-order valence-corrected chi connectivity index (χ1v) is 20.7. The van der Waals surface area contributed by atoms with Crippen LogP contribution in [-0.2, 0) is 5.41 Å². The van der Waals surface area contributed by atoms with Crippen LogP contribution in [0.2, 0.25) is 0 Å². The van der Waals surface area contributed by atoms with Crippen molar-refractivity contribution in [3.63, 3.8) is 0 Å². The van der Waals surface area contributed by atoms with Crippen LogP contribution in [0, 0.1) is 13.8 Å². The largest absolute Gasteiger partial charge is 0.458 e. The molecule has 0 fully saturated rings. The van der Waals surface area contributed by atoms with Gasteiger partial charge in [0.25, 0.3) is 6.71 Å². The van der Waals surface area contributed by atoms with Gasteiger partial charge in [-0.3, -0.25) is 0 Å². The summed E-state index contributed by atoms with van der Waals surface area (Å²) < 4.78 is 7.11. The smallest absolute Gasteiger partial charge is 0.257 e. The lowest BCUT2D eigenvalue weighted by atomic mass is 9.33. The molecule has 12 rings (SSSR count). The highest BCUT2D eigenvalue weighted by Gasteiger charge is 2.45. The molecule has 280 valence electrons. The number of para-hydroxylation sites is 2. The Morgan fingerprint density at radius 3 is 1.98 bits per heavy atom. The van der Waals surface area contributed by atoms with Crippen molar-refractivity contribution in [1.82, 2.24) is 0 Å². The number of hydrogen-bond acceptors (Lipinski definition) is 3. The Hall–Kier alpha value is -7.04. The molecule has 0 N–H and O–H groups in total. The van der Waals surface area contributed by atoms with Crippen molar-refractivity contribution < 1.29 is 4.74 Å². The van der Waals surface area contributed by atoms with Crippen molar-refractivity contribution in [1.29, 1.82) is 0 Å². The number of nitrogens with zero attached hydrogens (tertiary/aromatic N) is 2. The molecule has 0 unspecified atom stereocenters. The predicted molar refractivity (Wildman–Crippen MR) is 249 cm³/mol. The van der Waals surface area contributed by atoms with Gasteiger partial charge in [-0.25, -0.2) is 0 Å². The van der Waals surface area contributed by atoms with Crippen LogP contribution in [0.4, 0.5) is 34.1 Å². The fourth-order valence-electron chi connectivity index (χ4n) is 10.3. The zero-order valence-electron chi connectivity index (χ0n) is 33.6. The van der Waals surface area contributed by atoms with Crippen LogP contribution in [-0.4, -0.2) is 6.71 Å². The minimum atomic E-state index is -0.233. The van der Waals surface area contributed by atoms with Crippen LogP contribution < -0.4 is 30.9 Å². The minimum absolute atomic E-state index is 0.00241. The maximum absolute atomic E-state index is 7.11. The average molecular weight is 757 g/mol. The number of ether oxygens (including phenoxy) is 1. The molecular weight excluding hydrogens is 715 g/mol. The van der Waals surface area contributed by atoms with Gasteiger partial charge in [0.1, 0.15) is 11.5 Å². The second-order valence-corrected chi connectivity index (χ2v) is 17.1. The molecule has 9 aromatic rings. The lowest BCUT2D eigenvalue weighted by Crippen LogP contribution is -2.60. The Kier molecular flexibility index (Phi) is 7.20. The van der Waals surface area contributed by atoms with Crippen LogP contribution in [0.15, 0.2) is 176 Å². The molecule has 4 heteroatoms. The van der Waals surface area contributed by atoms with Gasteiger partial charge >= 0.3 is 0 Å². The molecule has 0 aromatic heterocycles. The van der Waals surface area contributed by atoms with E-state index in [1.54, 1.807) is 0 Å². The van der Waals surface area contributed by atoms with E-state index in [1.165, 1.54) is 82.7 Å². The first kappa shape index (κ1) is 34.0. The maximum Gasteiger partial charge on any atom is 0.257 e. The zero-order valence-corrected chi connectivity index (χ0v) is 33.6. The van der Waals surface area contributed by atoms with E-state index in [2.05, 4.69) is 213 Å². The van der Waals surface area contributed by atoms with Crippen molar-refractivity contribution in [3.05, 3.63) is 198 Å². The summed E-state index contributed by atoms with van der Waals surface area (Å²) in [5.74, 6) is 1.89. The van der Waals surface area contributed by atoms with Crippen LogP contribution in [0.3, 0.4) is 0 Å². The fourth-order valence-corrected chi connectivity index (χ4v) is 10.3. The van der Waals surface area contributed by atoms with Gasteiger partial charge in [0.05, 0.1) is 0 Å². The highest BCUT2D eigenvalue weighted by Crippen LogP contribution is 2.52. The van der Waals surface area contributed by atoms with Crippen LogP contribution in [0.25, 0.3) is 32.7 Å². The summed E-state index contributed by atoms with van der Waals surface area (Å²) in [7, 11) is 0. The monoisotopic (exact) mass is 756 g/mol. The number of fused-ring (bicyclic) bond motifs is 10. The van der Waals surface area contributed by atoms with Gasteiger partial charge in [0, 0.05) is 39.5 Å². The Morgan fingerprint density at radius 2 is 1.17 bits per heavy atom. The number of benzene rings is 9. The summed E-state index contributed by atoms with van der Waals surface area (Å²) in [6.45, 7) is 9.12. The molecule has 59 heavy (non-hydrogen) atoms. The van der Waals surface area contributed by atoms with E-state index in [-0.39, 0.29) is 12.1 Å². The van der Waals surface area contributed by atoms with Gasteiger partial charge in [-0.05, 0) is 165 Å². The van der Waals surface area contributed by atoms with E-state index in [9.17, 15) is 0 Å². The summed E-state index contributed by atoms with van der Waals surface area (Å²) in [6.07, 6.45) is 0. The summed E-state index contributed by atoms with van der Waals surface area (Å²) in [6, 6.07) is 65.0. The molecule has 0 amide bonds. The summed E-state index contributed by atoms with van der Waals surface area (Å²) in [5.41, 5.74) is 18.2. The molecule has 1 aliphatic carbocycles. The Morgan fingerprint density at radius 1 is 0.492 bits per heavy atom. The summed E-state index contributed by atoms with van der Waals surface area (Å²) in [4.78, 5) is 4.80. The summed E-state index contributed by atoms with van der Waals surface area (Å²) in [5, 5.41) is 4.99. The highest BCUT2D eigenvalue weighted by molar-refractivity contribution is 7.00. The van der Waals surface area contributed by atoms with E-state index in [1.807, 2.05) is 0 Å². The predicted octanol–water partition coefficient (Wildman–Crippen LogP) is 12.8. The van der Waals surface area contributed by atoms with Gasteiger partial charge in [-0.1, -0.05) is 110 Å². The Bertz CT molecular complexity index is 3190. The third kappa shape index (κ3) is 5.02. The molecule has 3 nitrogen and oxygen atoms in total. The van der Waals surface area contributed by atoms with Gasteiger partial charge in [-0.2, -0.15) is 0 Å². The molecule has 0 spiro atoms. The third-order valence-corrected chi connectivity index (χ3v) is 13.1. The molecular formula is C55H41BN2O. The second kappa shape index (κ2) is 12.5. The average Bonchev–Trinajstić information content (AvgIpc) is 3.47. The quantitative estimate of drug-likeness (QED) is 0.166. The van der Waals surface area contributed by atoms with Crippen molar-refractivity contribution >= 4 is 78.8 Å². The number of aryl methyl sites for hydroxylation is 2. The topological polar surface area (TPSA) is 15.7 Å². The van der Waals surface area contributed by atoms with Gasteiger partial charge < -0.3 is 14.5 Å². The SMILES string of the molecule is Cc1ccc(N(c2ccccc2)c2ccc3cc4c(cc3c2)C(C)(C)c2cc3c(cc2-4)Oc2cc(C)cc4c2B3c2c(ccc3ccccc23)N4c2ccccc2)cc1. The summed E-state index contributed by atoms with van der Waals surface area (Å²) >= 11 is 0. The minimum Gasteiger partial charge on any atom is -0.458 e. The molecule has 2 heterocycles. The Labute approximate surface area is 345 Å². The molecule has 0 saturated carbocycles. The highest BCUT2D eigenvalue weighted by atomic mass is 16.5. The van der Waals surface area contributed by atoms with Crippen LogP contribution >= 0.6 is 0 Å². The first-order valence-electron chi connectivity index (χ1n) is 20.7. The normalized spacial score (nSPS) is 14.0. The van der Waals surface area contributed by atoms with E-state index in [0.717, 1.165) is 34.2 Å². The molecule has 0 radical (unpaired) electrons. The van der Waals surface area contributed by atoms with E-state index in [4.69, 9.17) is 4.74 Å². The fraction of sp³-hybridized carbons (Fsp3) is 0.0909. The maximum atomic E-state index is 7.11. The molecule has 0 saturated heterocycles. The molecule has 9 aromatic carbocycles. The van der Waals surface area contributed by atoms with Crippen molar-refractivity contribution in [2.45, 2.75) is 33.1 Å². The standard InChI is InChI=1S/C55H41BN2O/c1-34-19-23-41(24-20-34)57(39-14-7-5-8-15-39)42-25-21-37-30-44-45-32-51-48(33-47(45)55(3,4)46(44)31-38(37)29-42)56-53-43-18-12-11-13-36(43)22-26-49(53)58(40-16-9-6-10-17-40)50-27-35(2)28-52(59-51)54(50)56/h5-33H,1-4H3. The van der Waals surface area contributed by atoms with Gasteiger partial charge in [0.2, 0.25) is 0 Å². The third-order valence-electron chi connectivity index (χ3n) is 13.1. The van der Waals surface area contributed by atoms with Gasteiger partial charge in [-0.15, -0.1) is 0 Å². The number of rotatable bonds is 4. The second-order valence-electron chi connectivity index (χ2n) is 17.1. The first-order chi connectivity index (χ1) is 28.8. The van der Waals surface area contributed by atoms with E-state index in [0.29, 0.717) is 0 Å². The molecule has 0 atom stereocenters.